The molecule has 3 rings (SSSR count). The molecule has 0 radical (unpaired) electrons. The maximum atomic E-state index is 12.7. The van der Waals surface area contributed by atoms with Gasteiger partial charge in [0.25, 0.3) is 5.91 Å². The molecule has 4 nitrogen and oxygen atoms in total. The average molecular weight is 348 g/mol. The van der Waals surface area contributed by atoms with Gasteiger partial charge in [-0.2, -0.15) is 0 Å². The molecule has 0 saturated heterocycles. The SMILES string of the molecule is CC(C)NC(=O)c1cc(-c2cccc(OC(C)C)c2)nc2ccccc12. The summed E-state index contributed by atoms with van der Waals surface area (Å²) < 4.78 is 5.79. The molecule has 0 spiro atoms. The summed E-state index contributed by atoms with van der Waals surface area (Å²) >= 11 is 0. The first-order chi connectivity index (χ1) is 12.4. The van der Waals surface area contributed by atoms with Gasteiger partial charge in [0.2, 0.25) is 0 Å². The van der Waals surface area contributed by atoms with E-state index in [0.717, 1.165) is 27.9 Å². The number of fused-ring (bicyclic) bond motifs is 1. The first-order valence-electron chi connectivity index (χ1n) is 8.92. The van der Waals surface area contributed by atoms with Crippen molar-refractivity contribution in [3.05, 3.63) is 60.2 Å². The van der Waals surface area contributed by atoms with Gasteiger partial charge in [0.05, 0.1) is 22.9 Å². The summed E-state index contributed by atoms with van der Waals surface area (Å²) in [5, 5.41) is 3.83. The van der Waals surface area contributed by atoms with Gasteiger partial charge in [0.15, 0.2) is 0 Å². The fourth-order valence-electron chi connectivity index (χ4n) is 2.85. The highest BCUT2D eigenvalue weighted by Crippen LogP contribution is 2.27. The van der Waals surface area contributed by atoms with Crippen molar-refractivity contribution >= 4 is 16.8 Å². The molecule has 134 valence electrons. The lowest BCUT2D eigenvalue weighted by Crippen LogP contribution is -2.30. The van der Waals surface area contributed by atoms with Gasteiger partial charge in [-0.1, -0.05) is 30.3 Å². The first kappa shape index (κ1) is 17.9. The summed E-state index contributed by atoms with van der Waals surface area (Å²) in [4.78, 5) is 17.5. The van der Waals surface area contributed by atoms with E-state index in [0.29, 0.717) is 5.56 Å². The summed E-state index contributed by atoms with van der Waals surface area (Å²) in [5.74, 6) is 0.704. The highest BCUT2D eigenvalue weighted by molar-refractivity contribution is 6.07. The van der Waals surface area contributed by atoms with E-state index in [9.17, 15) is 4.79 Å². The Morgan fingerprint density at radius 1 is 1.00 bits per heavy atom. The molecule has 1 amide bonds. The molecule has 1 heterocycles. The van der Waals surface area contributed by atoms with Gasteiger partial charge in [-0.05, 0) is 52.0 Å². The van der Waals surface area contributed by atoms with Crippen molar-refractivity contribution in [1.29, 1.82) is 0 Å². The molecule has 0 atom stereocenters. The number of carbonyl (C=O) groups excluding carboxylic acids is 1. The number of amides is 1. The van der Waals surface area contributed by atoms with Crippen molar-refractivity contribution in [2.75, 3.05) is 0 Å². The Morgan fingerprint density at radius 3 is 2.50 bits per heavy atom. The van der Waals surface area contributed by atoms with E-state index in [-0.39, 0.29) is 18.1 Å². The number of para-hydroxylation sites is 1. The van der Waals surface area contributed by atoms with Crippen LogP contribution in [0.1, 0.15) is 38.1 Å². The Balaban J connectivity index is 2.11. The normalized spacial score (nSPS) is 11.2. The summed E-state index contributed by atoms with van der Waals surface area (Å²) in [6.07, 6.45) is 0.0993. The van der Waals surface area contributed by atoms with Crippen LogP contribution >= 0.6 is 0 Å². The lowest BCUT2D eigenvalue weighted by atomic mass is 10.0. The van der Waals surface area contributed by atoms with Gasteiger partial charge in [-0.3, -0.25) is 4.79 Å². The number of rotatable bonds is 5. The number of nitrogens with zero attached hydrogens (tertiary/aromatic N) is 1. The number of hydrogen-bond donors (Lipinski definition) is 1. The number of nitrogens with one attached hydrogen (secondary N) is 1. The second kappa shape index (κ2) is 7.56. The average Bonchev–Trinajstić information content (AvgIpc) is 2.60. The van der Waals surface area contributed by atoms with Crippen molar-refractivity contribution in [3.63, 3.8) is 0 Å². The smallest absolute Gasteiger partial charge is 0.252 e. The van der Waals surface area contributed by atoms with E-state index in [2.05, 4.69) is 5.32 Å². The van der Waals surface area contributed by atoms with Crippen molar-refractivity contribution in [3.8, 4) is 17.0 Å². The lowest BCUT2D eigenvalue weighted by molar-refractivity contribution is 0.0944. The minimum Gasteiger partial charge on any atom is -0.491 e. The van der Waals surface area contributed by atoms with Crippen LogP contribution in [0.4, 0.5) is 0 Å². The van der Waals surface area contributed by atoms with Crippen molar-refractivity contribution in [2.45, 2.75) is 39.8 Å². The summed E-state index contributed by atoms with van der Waals surface area (Å²) in [7, 11) is 0. The molecule has 4 heteroatoms. The molecule has 0 saturated carbocycles. The molecule has 0 fully saturated rings. The van der Waals surface area contributed by atoms with Crippen LogP contribution < -0.4 is 10.1 Å². The van der Waals surface area contributed by atoms with Crippen LogP contribution in [0.25, 0.3) is 22.2 Å². The fraction of sp³-hybridized carbons (Fsp3) is 0.273. The van der Waals surface area contributed by atoms with E-state index in [1.54, 1.807) is 0 Å². The molecule has 1 aromatic heterocycles. The Morgan fingerprint density at radius 2 is 1.77 bits per heavy atom. The molecule has 3 aromatic rings. The van der Waals surface area contributed by atoms with Crippen molar-refractivity contribution < 1.29 is 9.53 Å². The Labute approximate surface area is 154 Å². The Bertz CT molecular complexity index is 932. The van der Waals surface area contributed by atoms with Crippen LogP contribution in [-0.2, 0) is 0 Å². The summed E-state index contributed by atoms with van der Waals surface area (Å²) in [6.45, 7) is 7.90. The number of aromatic nitrogens is 1. The monoisotopic (exact) mass is 348 g/mol. The van der Waals surface area contributed by atoms with Gasteiger partial charge in [0, 0.05) is 17.0 Å². The Kier molecular flexibility index (Phi) is 5.21. The molecular formula is C22H24N2O2. The zero-order chi connectivity index (χ0) is 18.7. The highest BCUT2D eigenvalue weighted by Gasteiger charge is 2.15. The van der Waals surface area contributed by atoms with Crippen molar-refractivity contribution in [2.24, 2.45) is 0 Å². The molecule has 0 bridgehead atoms. The maximum absolute atomic E-state index is 12.7. The Hall–Kier alpha value is -2.88. The zero-order valence-corrected chi connectivity index (χ0v) is 15.6. The molecule has 0 unspecified atom stereocenters. The summed E-state index contributed by atoms with van der Waals surface area (Å²) in [5.41, 5.74) is 3.11. The van der Waals surface area contributed by atoms with Crippen LogP contribution in [0.5, 0.6) is 5.75 Å². The fourth-order valence-corrected chi connectivity index (χ4v) is 2.85. The predicted molar refractivity (Wildman–Crippen MR) is 106 cm³/mol. The second-order valence-electron chi connectivity index (χ2n) is 6.89. The van der Waals surface area contributed by atoms with Crippen LogP contribution in [0, 0.1) is 0 Å². The minimum atomic E-state index is -0.0885. The van der Waals surface area contributed by atoms with Crippen LogP contribution in [0.2, 0.25) is 0 Å². The third-order valence-electron chi connectivity index (χ3n) is 3.88. The third kappa shape index (κ3) is 4.02. The number of ether oxygens (including phenoxy) is 1. The predicted octanol–water partition coefficient (Wildman–Crippen LogP) is 4.83. The number of hydrogen-bond acceptors (Lipinski definition) is 3. The van der Waals surface area contributed by atoms with Gasteiger partial charge in [0.1, 0.15) is 5.75 Å². The van der Waals surface area contributed by atoms with Crippen LogP contribution in [0.15, 0.2) is 54.6 Å². The van der Waals surface area contributed by atoms with Crippen LogP contribution in [-0.4, -0.2) is 23.0 Å². The molecule has 26 heavy (non-hydrogen) atoms. The molecule has 0 aliphatic carbocycles. The van der Waals surface area contributed by atoms with Gasteiger partial charge >= 0.3 is 0 Å². The van der Waals surface area contributed by atoms with E-state index in [1.807, 2.05) is 82.3 Å². The number of benzene rings is 2. The van der Waals surface area contributed by atoms with Crippen LogP contribution in [0.3, 0.4) is 0 Å². The van der Waals surface area contributed by atoms with E-state index < -0.39 is 0 Å². The standard InChI is InChI=1S/C22H24N2O2/c1-14(2)23-22(25)19-13-21(24-20-11-6-5-10-18(19)20)16-8-7-9-17(12-16)26-15(3)4/h5-15H,1-4H3,(H,23,25). The van der Waals surface area contributed by atoms with Gasteiger partial charge < -0.3 is 10.1 Å². The van der Waals surface area contributed by atoms with Gasteiger partial charge in [-0.15, -0.1) is 0 Å². The minimum absolute atomic E-state index is 0.0700. The second-order valence-corrected chi connectivity index (χ2v) is 6.89. The van der Waals surface area contributed by atoms with E-state index in [4.69, 9.17) is 9.72 Å². The molecule has 2 aromatic carbocycles. The van der Waals surface area contributed by atoms with E-state index >= 15 is 0 Å². The summed E-state index contributed by atoms with van der Waals surface area (Å²) in [6, 6.07) is 17.5. The maximum Gasteiger partial charge on any atom is 0.252 e. The third-order valence-corrected chi connectivity index (χ3v) is 3.88. The quantitative estimate of drug-likeness (QED) is 0.719. The lowest BCUT2D eigenvalue weighted by Gasteiger charge is -2.13. The first-order valence-corrected chi connectivity index (χ1v) is 8.92. The van der Waals surface area contributed by atoms with Gasteiger partial charge in [-0.25, -0.2) is 4.98 Å². The molecule has 0 aliphatic rings. The molecule has 0 aliphatic heterocycles. The molecule has 1 N–H and O–H groups in total. The highest BCUT2D eigenvalue weighted by atomic mass is 16.5. The number of carbonyl (C=O) groups is 1. The zero-order valence-electron chi connectivity index (χ0n) is 15.6. The van der Waals surface area contributed by atoms with Crippen molar-refractivity contribution in [1.82, 2.24) is 10.3 Å². The largest absolute Gasteiger partial charge is 0.491 e. The number of pyridine rings is 1. The molecular weight excluding hydrogens is 324 g/mol. The van der Waals surface area contributed by atoms with E-state index in [1.165, 1.54) is 0 Å². The topological polar surface area (TPSA) is 51.2 Å².